The number of hydrogen-bond acceptors (Lipinski definition) is 7. The van der Waals surface area contributed by atoms with Gasteiger partial charge in [-0.25, -0.2) is 4.79 Å². The minimum absolute atomic E-state index is 0.189. The Morgan fingerprint density at radius 1 is 1.16 bits per heavy atom. The van der Waals surface area contributed by atoms with Gasteiger partial charge in [0.1, 0.15) is 10.1 Å². The van der Waals surface area contributed by atoms with Crippen LogP contribution in [-0.4, -0.2) is 28.2 Å². The van der Waals surface area contributed by atoms with Crippen LogP contribution in [0.2, 0.25) is 0 Å². The molecule has 0 saturated carbocycles. The van der Waals surface area contributed by atoms with E-state index in [1.165, 1.54) is 23.8 Å². The summed E-state index contributed by atoms with van der Waals surface area (Å²) in [6.07, 6.45) is 3.29. The van der Waals surface area contributed by atoms with Crippen molar-refractivity contribution in [1.82, 2.24) is 4.90 Å². The number of nitrogens with zero attached hydrogens (tertiary/aromatic N) is 1. The van der Waals surface area contributed by atoms with Crippen molar-refractivity contribution in [2.75, 3.05) is 7.11 Å². The molecule has 3 aromatic rings. The molecule has 1 aliphatic rings. The number of thioether (sulfide) groups is 1. The van der Waals surface area contributed by atoms with Gasteiger partial charge in [-0.1, -0.05) is 48.2 Å². The molecule has 162 valence electrons. The average molecular weight is 466 g/mol. The topological polar surface area (TPSA) is 69.0 Å². The van der Waals surface area contributed by atoms with Crippen molar-refractivity contribution in [3.05, 3.63) is 88.2 Å². The first-order valence-corrected chi connectivity index (χ1v) is 10.9. The number of ether oxygens (including phenoxy) is 2. The Labute approximate surface area is 194 Å². The van der Waals surface area contributed by atoms with Gasteiger partial charge in [0, 0.05) is 0 Å². The van der Waals surface area contributed by atoms with E-state index in [2.05, 4.69) is 0 Å². The number of benzene rings is 2. The lowest BCUT2D eigenvalue weighted by atomic mass is 10.1. The lowest BCUT2D eigenvalue weighted by molar-refractivity contribution is -0.122. The van der Waals surface area contributed by atoms with Gasteiger partial charge in [-0.15, -0.1) is 0 Å². The Bertz CT molecular complexity index is 1220. The van der Waals surface area contributed by atoms with E-state index in [1.54, 1.807) is 54.8 Å². The van der Waals surface area contributed by atoms with Gasteiger partial charge in [-0.3, -0.25) is 9.69 Å². The van der Waals surface area contributed by atoms with E-state index in [0.717, 1.165) is 11.1 Å². The summed E-state index contributed by atoms with van der Waals surface area (Å²) in [4.78, 5) is 27.4. The van der Waals surface area contributed by atoms with Crippen molar-refractivity contribution in [3.8, 4) is 11.5 Å². The molecule has 2 aromatic carbocycles. The highest BCUT2D eigenvalue weighted by Gasteiger charge is 2.32. The fourth-order valence-electron chi connectivity index (χ4n) is 3.16. The minimum atomic E-state index is -0.465. The third-order valence-corrected chi connectivity index (χ3v) is 6.20. The Morgan fingerprint density at radius 3 is 2.69 bits per heavy atom. The predicted molar refractivity (Wildman–Crippen MR) is 127 cm³/mol. The third kappa shape index (κ3) is 4.61. The van der Waals surface area contributed by atoms with Crippen molar-refractivity contribution in [3.63, 3.8) is 0 Å². The maximum Gasteiger partial charge on any atom is 0.343 e. The van der Waals surface area contributed by atoms with E-state index < -0.39 is 5.97 Å². The van der Waals surface area contributed by atoms with Crippen LogP contribution in [0, 0.1) is 6.92 Å². The second kappa shape index (κ2) is 9.42. The molecule has 0 bridgehead atoms. The molecule has 0 radical (unpaired) electrons. The quantitative estimate of drug-likeness (QED) is 0.214. The first kappa shape index (κ1) is 21.9. The largest absolute Gasteiger partial charge is 0.493 e. The lowest BCUT2D eigenvalue weighted by Crippen LogP contribution is -2.27. The van der Waals surface area contributed by atoms with Crippen LogP contribution in [0.1, 0.15) is 27.2 Å². The first-order valence-electron chi connectivity index (χ1n) is 9.70. The van der Waals surface area contributed by atoms with Gasteiger partial charge in [0.25, 0.3) is 5.91 Å². The molecule has 1 saturated heterocycles. The second-order valence-corrected chi connectivity index (χ2v) is 8.64. The number of methoxy groups -OCH3 is 1. The number of esters is 1. The number of furan rings is 1. The Morgan fingerprint density at radius 2 is 1.97 bits per heavy atom. The van der Waals surface area contributed by atoms with Crippen LogP contribution >= 0.6 is 24.0 Å². The minimum Gasteiger partial charge on any atom is -0.493 e. The van der Waals surface area contributed by atoms with Crippen molar-refractivity contribution in [2.24, 2.45) is 0 Å². The van der Waals surface area contributed by atoms with Crippen molar-refractivity contribution in [2.45, 2.75) is 13.5 Å². The molecule has 4 rings (SSSR count). The molecule has 6 nitrogen and oxygen atoms in total. The summed E-state index contributed by atoms with van der Waals surface area (Å²) in [5, 5.41) is 0. The zero-order valence-electron chi connectivity index (χ0n) is 17.4. The summed E-state index contributed by atoms with van der Waals surface area (Å²) >= 11 is 6.59. The summed E-state index contributed by atoms with van der Waals surface area (Å²) in [6.45, 7) is 2.13. The van der Waals surface area contributed by atoms with Crippen LogP contribution in [0.5, 0.6) is 11.5 Å². The fourth-order valence-corrected chi connectivity index (χ4v) is 4.42. The van der Waals surface area contributed by atoms with E-state index in [9.17, 15) is 9.59 Å². The SMILES string of the molecule is COc1cc(/C=C2\SC(=S)N(Cc3ccco3)C2=O)ccc1OC(=O)c1ccccc1C. The van der Waals surface area contributed by atoms with Crippen LogP contribution in [0.25, 0.3) is 6.08 Å². The van der Waals surface area contributed by atoms with Gasteiger partial charge in [-0.05, 0) is 54.5 Å². The molecular weight excluding hydrogens is 446 g/mol. The van der Waals surface area contributed by atoms with Crippen LogP contribution in [0.3, 0.4) is 0 Å². The first-order chi connectivity index (χ1) is 15.5. The smallest absolute Gasteiger partial charge is 0.343 e. The fraction of sp³-hybridized carbons (Fsp3) is 0.125. The van der Waals surface area contributed by atoms with Crippen molar-refractivity contribution in [1.29, 1.82) is 0 Å². The number of carbonyl (C=O) groups excluding carboxylic acids is 2. The Kier molecular flexibility index (Phi) is 6.43. The number of thiocarbonyl (C=S) groups is 1. The summed E-state index contributed by atoms with van der Waals surface area (Å²) in [5.74, 6) is 0.678. The molecule has 1 fully saturated rings. The van der Waals surface area contributed by atoms with Crippen LogP contribution in [0.4, 0.5) is 0 Å². The van der Waals surface area contributed by atoms with E-state index in [4.69, 9.17) is 26.1 Å². The maximum absolute atomic E-state index is 12.8. The Hall–Kier alpha value is -3.36. The van der Waals surface area contributed by atoms with E-state index in [-0.39, 0.29) is 12.5 Å². The monoisotopic (exact) mass is 465 g/mol. The predicted octanol–water partition coefficient (Wildman–Crippen LogP) is 5.22. The van der Waals surface area contributed by atoms with Gasteiger partial charge in [0.15, 0.2) is 11.5 Å². The van der Waals surface area contributed by atoms with Gasteiger partial charge < -0.3 is 13.9 Å². The van der Waals surface area contributed by atoms with E-state index in [0.29, 0.717) is 32.0 Å². The normalized spacial score (nSPS) is 14.8. The summed E-state index contributed by atoms with van der Waals surface area (Å²) in [6, 6.07) is 15.9. The highest BCUT2D eigenvalue weighted by molar-refractivity contribution is 8.26. The highest BCUT2D eigenvalue weighted by Crippen LogP contribution is 2.35. The molecule has 1 amide bonds. The van der Waals surface area contributed by atoms with Gasteiger partial charge in [0.05, 0.1) is 30.4 Å². The van der Waals surface area contributed by atoms with Gasteiger partial charge in [0.2, 0.25) is 0 Å². The summed E-state index contributed by atoms with van der Waals surface area (Å²) < 4.78 is 16.7. The molecule has 0 unspecified atom stereocenters. The standard InChI is InChI=1S/C24H19NO5S2/c1-15-6-3-4-8-18(15)23(27)30-19-10-9-16(12-20(19)28-2)13-21-22(26)25(24(31)32-21)14-17-7-5-11-29-17/h3-13H,14H2,1-2H3/b21-13-. The van der Waals surface area contributed by atoms with E-state index in [1.807, 2.05) is 19.1 Å². The molecule has 0 atom stereocenters. The molecule has 1 aromatic heterocycles. The van der Waals surface area contributed by atoms with Gasteiger partial charge >= 0.3 is 5.97 Å². The zero-order valence-corrected chi connectivity index (χ0v) is 19.0. The Balaban J connectivity index is 1.53. The second-order valence-electron chi connectivity index (χ2n) is 6.96. The van der Waals surface area contributed by atoms with Crippen LogP contribution in [0.15, 0.2) is 70.2 Å². The van der Waals surface area contributed by atoms with Crippen molar-refractivity contribution < 1.29 is 23.5 Å². The third-order valence-electron chi connectivity index (χ3n) is 4.82. The molecule has 8 heteroatoms. The number of rotatable bonds is 6. The molecule has 0 N–H and O–H groups in total. The van der Waals surface area contributed by atoms with Crippen molar-refractivity contribution >= 4 is 46.3 Å². The zero-order chi connectivity index (χ0) is 22.7. The number of aryl methyl sites for hydroxylation is 1. The number of carbonyl (C=O) groups is 2. The highest BCUT2D eigenvalue weighted by atomic mass is 32.2. The molecule has 1 aliphatic heterocycles. The average Bonchev–Trinajstić information content (AvgIpc) is 3.39. The lowest BCUT2D eigenvalue weighted by Gasteiger charge is -2.12. The molecule has 0 aliphatic carbocycles. The van der Waals surface area contributed by atoms with Crippen LogP contribution in [-0.2, 0) is 11.3 Å². The molecule has 32 heavy (non-hydrogen) atoms. The maximum atomic E-state index is 12.8. The van der Waals surface area contributed by atoms with Gasteiger partial charge in [-0.2, -0.15) is 0 Å². The molecule has 0 spiro atoms. The number of amides is 1. The molecule has 2 heterocycles. The molecular formula is C24H19NO5S2. The van der Waals surface area contributed by atoms with E-state index >= 15 is 0 Å². The summed E-state index contributed by atoms with van der Waals surface area (Å²) in [5.41, 5.74) is 2.03. The summed E-state index contributed by atoms with van der Waals surface area (Å²) in [7, 11) is 1.49. The van der Waals surface area contributed by atoms with Crippen LogP contribution < -0.4 is 9.47 Å². The number of hydrogen-bond donors (Lipinski definition) is 0.